The van der Waals surface area contributed by atoms with E-state index < -0.39 is 0 Å². The fourth-order valence-electron chi connectivity index (χ4n) is 3.17. The number of thiazole rings is 1. The monoisotopic (exact) mass is 538 g/mol. The number of nitrogens with zero attached hydrogens (tertiary/aromatic N) is 1. The van der Waals surface area contributed by atoms with Crippen LogP contribution in [-0.4, -0.2) is 29.9 Å². The van der Waals surface area contributed by atoms with Crippen molar-refractivity contribution in [3.05, 3.63) is 76.8 Å². The van der Waals surface area contributed by atoms with Crippen molar-refractivity contribution in [3.8, 4) is 0 Å². The molecule has 7 nitrogen and oxygen atoms in total. The lowest BCUT2D eigenvalue weighted by atomic mass is 10.1. The molecule has 0 radical (unpaired) electrons. The van der Waals surface area contributed by atoms with Gasteiger partial charge in [-0.2, -0.15) is 0 Å². The molecule has 0 unspecified atom stereocenters. The summed E-state index contributed by atoms with van der Waals surface area (Å²) in [5, 5.41) is 8.52. The highest BCUT2D eigenvalue weighted by Crippen LogP contribution is 2.18. The smallest absolute Gasteiger partial charge is 0.309 e. The minimum atomic E-state index is -0.327. The summed E-state index contributed by atoms with van der Waals surface area (Å²) in [6.45, 7) is 4.94. The molecule has 0 aliphatic heterocycles. The Morgan fingerprint density at radius 1 is 1.06 bits per heavy atom. The predicted octanol–water partition coefficient (Wildman–Crippen LogP) is 4.82. The zero-order valence-corrected chi connectivity index (χ0v) is 22.2. The Hall–Kier alpha value is -2.65. The zero-order chi connectivity index (χ0) is 23.6. The Kier molecular flexibility index (Phi) is 13.3. The summed E-state index contributed by atoms with van der Waals surface area (Å²) in [5.41, 5.74) is 9.13. The molecule has 10 heteroatoms. The van der Waals surface area contributed by atoms with Crippen LogP contribution in [-0.2, 0) is 27.2 Å². The van der Waals surface area contributed by atoms with Gasteiger partial charge in [0.1, 0.15) is 6.10 Å². The van der Waals surface area contributed by atoms with Gasteiger partial charge in [-0.1, -0.05) is 56.3 Å². The molecule has 0 saturated heterocycles. The van der Waals surface area contributed by atoms with Crippen LogP contribution in [0.15, 0.2) is 60.0 Å². The lowest BCUT2D eigenvalue weighted by Crippen LogP contribution is -2.28. The molecule has 190 valence electrons. The number of benzene rings is 2. The molecule has 1 heterocycles. The number of anilines is 2. The zero-order valence-electron chi connectivity index (χ0n) is 19.7. The van der Waals surface area contributed by atoms with Gasteiger partial charge in [0.25, 0.3) is 0 Å². The van der Waals surface area contributed by atoms with Crippen LogP contribution in [0.1, 0.15) is 36.8 Å². The minimum absolute atomic E-state index is 0. The first-order valence-corrected chi connectivity index (χ1v) is 11.8. The van der Waals surface area contributed by atoms with E-state index >= 15 is 0 Å². The number of nitrogens with one attached hydrogen (secondary N) is 2. The Bertz CT molecular complexity index is 1050. The molecular weight excluding hydrogens is 507 g/mol. The normalized spacial score (nSPS) is 11.2. The number of nitrogen functional groups attached to an aromatic ring is 1. The van der Waals surface area contributed by atoms with E-state index in [2.05, 4.69) is 15.6 Å². The Labute approximate surface area is 222 Å². The lowest BCUT2D eigenvalue weighted by Gasteiger charge is -2.20. The molecule has 0 spiro atoms. The Morgan fingerprint density at radius 2 is 1.74 bits per heavy atom. The summed E-state index contributed by atoms with van der Waals surface area (Å²) in [4.78, 5) is 28.4. The molecule has 2 aromatic carbocycles. The molecule has 0 bridgehead atoms. The van der Waals surface area contributed by atoms with E-state index in [1.165, 1.54) is 11.3 Å². The number of carbonyl (C=O) groups is 2. The molecule has 0 fully saturated rings. The number of nitrogens with two attached hydrogens (primary N) is 1. The summed E-state index contributed by atoms with van der Waals surface area (Å²) < 4.78 is 5.69. The van der Waals surface area contributed by atoms with Crippen molar-refractivity contribution in [2.75, 3.05) is 24.1 Å². The van der Waals surface area contributed by atoms with Crippen molar-refractivity contribution in [2.45, 2.75) is 32.8 Å². The molecule has 0 aliphatic carbocycles. The number of carbonyl (C=O) groups excluding carboxylic acids is 2. The molecule has 1 aromatic heterocycles. The number of hydrogen-bond donors (Lipinski definition) is 3. The third kappa shape index (κ3) is 10.2. The second-order valence-electron chi connectivity index (χ2n) is 8.04. The summed E-state index contributed by atoms with van der Waals surface area (Å²) in [6.07, 6.45) is 0.682. The minimum Gasteiger partial charge on any atom is -0.456 e. The molecule has 3 rings (SSSR count). The number of hydrogen-bond acceptors (Lipinski definition) is 7. The van der Waals surface area contributed by atoms with Crippen LogP contribution in [0.25, 0.3) is 0 Å². The third-order valence-corrected chi connectivity index (χ3v) is 5.69. The Balaban J connectivity index is 0.00000306. The maximum absolute atomic E-state index is 12.2. The van der Waals surface area contributed by atoms with Crippen molar-refractivity contribution in [1.29, 1.82) is 0 Å². The van der Waals surface area contributed by atoms with Gasteiger partial charge in [-0.15, -0.1) is 36.2 Å². The Morgan fingerprint density at radius 3 is 2.34 bits per heavy atom. The van der Waals surface area contributed by atoms with Crippen LogP contribution < -0.4 is 16.4 Å². The maximum Gasteiger partial charge on any atom is 0.309 e. The maximum atomic E-state index is 12.2. The molecule has 3 aromatic rings. The number of esters is 1. The molecule has 0 aliphatic rings. The summed E-state index contributed by atoms with van der Waals surface area (Å²) in [7, 11) is 0. The van der Waals surface area contributed by atoms with Crippen LogP contribution >= 0.6 is 36.2 Å². The number of ether oxygens (including phenoxy) is 1. The topological polar surface area (TPSA) is 106 Å². The van der Waals surface area contributed by atoms with E-state index in [0.29, 0.717) is 17.4 Å². The molecular formula is C25H32Cl2N4O3S. The average Bonchev–Trinajstić information content (AvgIpc) is 3.21. The van der Waals surface area contributed by atoms with Crippen LogP contribution in [0.5, 0.6) is 0 Å². The van der Waals surface area contributed by atoms with Crippen molar-refractivity contribution < 1.29 is 14.3 Å². The third-order valence-electron chi connectivity index (χ3n) is 4.97. The van der Waals surface area contributed by atoms with Crippen molar-refractivity contribution in [2.24, 2.45) is 5.92 Å². The second kappa shape index (κ2) is 15.4. The highest BCUT2D eigenvalue weighted by Gasteiger charge is 2.18. The van der Waals surface area contributed by atoms with E-state index in [1.54, 1.807) is 5.38 Å². The van der Waals surface area contributed by atoms with E-state index in [4.69, 9.17) is 10.5 Å². The van der Waals surface area contributed by atoms with E-state index in [-0.39, 0.29) is 55.1 Å². The molecule has 1 atom stereocenters. The molecule has 35 heavy (non-hydrogen) atoms. The van der Waals surface area contributed by atoms with Crippen molar-refractivity contribution >= 4 is 58.8 Å². The number of aromatic nitrogens is 1. The van der Waals surface area contributed by atoms with Gasteiger partial charge in [0.15, 0.2) is 5.13 Å². The van der Waals surface area contributed by atoms with Crippen LogP contribution in [0.4, 0.5) is 10.8 Å². The quantitative estimate of drug-likeness (QED) is 0.238. The van der Waals surface area contributed by atoms with Gasteiger partial charge in [0.2, 0.25) is 5.91 Å². The fraction of sp³-hybridized carbons (Fsp3) is 0.320. The van der Waals surface area contributed by atoms with Gasteiger partial charge in [-0.25, -0.2) is 4.98 Å². The largest absolute Gasteiger partial charge is 0.456 e. The molecule has 4 N–H and O–H groups in total. The van der Waals surface area contributed by atoms with Gasteiger partial charge in [0, 0.05) is 17.6 Å². The summed E-state index contributed by atoms with van der Waals surface area (Å²) in [6, 6.07) is 17.5. The van der Waals surface area contributed by atoms with Gasteiger partial charge in [-0.05, 0) is 36.2 Å². The lowest BCUT2D eigenvalue weighted by molar-refractivity contribution is -0.153. The molecule has 0 saturated carbocycles. The van der Waals surface area contributed by atoms with Crippen molar-refractivity contribution in [1.82, 2.24) is 10.3 Å². The average molecular weight is 540 g/mol. The van der Waals surface area contributed by atoms with Gasteiger partial charge in [0.05, 0.1) is 18.0 Å². The predicted molar refractivity (Wildman–Crippen MR) is 146 cm³/mol. The summed E-state index contributed by atoms with van der Waals surface area (Å²) in [5.74, 6) is -0.506. The number of amides is 1. The highest BCUT2D eigenvalue weighted by molar-refractivity contribution is 7.13. The number of rotatable bonds is 11. The molecule has 1 amide bonds. The van der Waals surface area contributed by atoms with Gasteiger partial charge in [-0.3, -0.25) is 9.59 Å². The van der Waals surface area contributed by atoms with Crippen LogP contribution in [0.2, 0.25) is 0 Å². The highest BCUT2D eigenvalue weighted by atomic mass is 35.5. The first kappa shape index (κ1) is 30.4. The first-order chi connectivity index (χ1) is 15.9. The van der Waals surface area contributed by atoms with Gasteiger partial charge < -0.3 is 21.1 Å². The van der Waals surface area contributed by atoms with E-state index in [9.17, 15) is 9.59 Å². The first-order valence-electron chi connectivity index (χ1n) is 11.0. The second-order valence-corrected chi connectivity index (χ2v) is 8.93. The summed E-state index contributed by atoms with van der Waals surface area (Å²) >= 11 is 1.32. The van der Waals surface area contributed by atoms with E-state index in [1.807, 2.05) is 68.4 Å². The SMILES string of the molecule is CC(C)C(=O)O[C@@H](CNCCc1ccc(NC(=O)Cc2csc(N)n2)cc1)c1ccccc1.Cl.Cl. The number of halogens is 2. The van der Waals surface area contributed by atoms with Gasteiger partial charge >= 0.3 is 5.97 Å². The van der Waals surface area contributed by atoms with E-state index in [0.717, 1.165) is 29.8 Å². The van der Waals surface area contributed by atoms with Crippen molar-refractivity contribution in [3.63, 3.8) is 0 Å². The fourth-order valence-corrected chi connectivity index (χ4v) is 3.73. The standard InChI is InChI=1S/C25H30N4O3S.2ClH/c1-17(2)24(31)32-22(19-6-4-3-5-7-19)15-27-13-12-18-8-10-20(11-9-18)28-23(30)14-21-16-33-25(26)29-21;;/h3-11,16-17,22,27H,12-15H2,1-2H3,(H2,26,29)(H,28,30);2*1H/t22-;;/m0../s1. The van der Waals surface area contributed by atoms with Crippen LogP contribution in [0, 0.1) is 5.92 Å². The van der Waals surface area contributed by atoms with Crippen LogP contribution in [0.3, 0.4) is 0 Å².